The first-order valence-electron chi connectivity index (χ1n) is 5.73. The topological polar surface area (TPSA) is 54.4 Å². The molecular formula is C14H14O3S. The maximum absolute atomic E-state index is 12.1. The molecule has 0 spiro atoms. The van der Waals surface area contributed by atoms with Crippen molar-refractivity contribution in [3.63, 3.8) is 0 Å². The van der Waals surface area contributed by atoms with Crippen molar-refractivity contribution >= 4 is 33.2 Å². The highest BCUT2D eigenvalue weighted by atomic mass is 32.1. The molecule has 4 heteroatoms. The summed E-state index contributed by atoms with van der Waals surface area (Å²) in [5.74, 6) is -0.971. The number of carbonyl (C=O) groups is 2. The number of aryl methyl sites for hydroxylation is 1. The molecule has 0 radical (unpaired) electrons. The van der Waals surface area contributed by atoms with E-state index in [1.807, 2.05) is 26.0 Å². The summed E-state index contributed by atoms with van der Waals surface area (Å²) in [6, 6.07) is 5.44. The van der Waals surface area contributed by atoms with Crippen molar-refractivity contribution in [1.82, 2.24) is 0 Å². The van der Waals surface area contributed by atoms with E-state index in [1.165, 1.54) is 11.3 Å². The fraction of sp³-hybridized carbons (Fsp3) is 0.286. The molecular weight excluding hydrogens is 248 g/mol. The first-order chi connectivity index (χ1) is 8.43. The molecule has 1 heterocycles. The number of Topliss-reactive ketones (excluding diaryl/α,β-unsaturated/α-hetero) is 1. The lowest BCUT2D eigenvalue weighted by molar-refractivity contribution is 0.0701. The van der Waals surface area contributed by atoms with Crippen molar-refractivity contribution in [3.8, 4) is 0 Å². The van der Waals surface area contributed by atoms with Crippen LogP contribution in [0.2, 0.25) is 0 Å². The highest BCUT2D eigenvalue weighted by Crippen LogP contribution is 2.34. The first-order valence-corrected chi connectivity index (χ1v) is 6.54. The second-order valence-corrected chi connectivity index (χ2v) is 5.58. The molecule has 0 aliphatic rings. The molecule has 0 saturated carbocycles. The Morgan fingerprint density at radius 1 is 1.28 bits per heavy atom. The van der Waals surface area contributed by atoms with Gasteiger partial charge in [0.1, 0.15) is 4.88 Å². The van der Waals surface area contributed by atoms with Crippen LogP contribution in [-0.2, 0) is 0 Å². The van der Waals surface area contributed by atoms with E-state index in [0.29, 0.717) is 10.4 Å². The van der Waals surface area contributed by atoms with Gasteiger partial charge in [0.2, 0.25) is 0 Å². The average Bonchev–Trinajstić information content (AvgIpc) is 2.66. The third-order valence-electron chi connectivity index (χ3n) is 2.95. The average molecular weight is 262 g/mol. The van der Waals surface area contributed by atoms with E-state index in [0.717, 1.165) is 15.6 Å². The normalized spacial score (nSPS) is 11.1. The van der Waals surface area contributed by atoms with Crippen LogP contribution in [0.1, 0.15) is 39.4 Å². The van der Waals surface area contributed by atoms with Gasteiger partial charge in [-0.3, -0.25) is 4.79 Å². The number of thiophene rings is 1. The van der Waals surface area contributed by atoms with Crippen LogP contribution in [0.3, 0.4) is 0 Å². The fourth-order valence-electron chi connectivity index (χ4n) is 1.95. The highest BCUT2D eigenvalue weighted by molar-refractivity contribution is 7.21. The van der Waals surface area contributed by atoms with E-state index in [1.54, 1.807) is 13.0 Å². The van der Waals surface area contributed by atoms with Gasteiger partial charge in [-0.2, -0.15) is 0 Å². The second kappa shape index (κ2) is 4.53. The zero-order valence-corrected chi connectivity index (χ0v) is 11.3. The summed E-state index contributed by atoms with van der Waals surface area (Å²) >= 11 is 1.18. The molecule has 2 rings (SSSR count). The predicted molar refractivity (Wildman–Crippen MR) is 72.7 cm³/mol. The van der Waals surface area contributed by atoms with E-state index < -0.39 is 5.97 Å². The zero-order valence-electron chi connectivity index (χ0n) is 10.5. The van der Waals surface area contributed by atoms with Crippen LogP contribution >= 0.6 is 11.3 Å². The van der Waals surface area contributed by atoms with Gasteiger partial charge in [-0.05, 0) is 23.9 Å². The van der Waals surface area contributed by atoms with Crippen molar-refractivity contribution < 1.29 is 14.7 Å². The van der Waals surface area contributed by atoms with E-state index in [-0.39, 0.29) is 11.7 Å². The van der Waals surface area contributed by atoms with Crippen molar-refractivity contribution in [2.45, 2.75) is 20.8 Å². The number of rotatable bonds is 3. The predicted octanol–water partition coefficient (Wildman–Crippen LogP) is 3.75. The van der Waals surface area contributed by atoms with Crippen molar-refractivity contribution in [3.05, 3.63) is 34.2 Å². The van der Waals surface area contributed by atoms with Crippen LogP contribution < -0.4 is 0 Å². The summed E-state index contributed by atoms with van der Waals surface area (Å²) in [6.45, 7) is 5.48. The monoisotopic (exact) mass is 262 g/mol. The number of aromatic carboxylic acids is 1. The van der Waals surface area contributed by atoms with E-state index >= 15 is 0 Å². The highest BCUT2D eigenvalue weighted by Gasteiger charge is 2.20. The summed E-state index contributed by atoms with van der Waals surface area (Å²) in [4.78, 5) is 23.6. The molecule has 2 aromatic rings. The molecule has 0 fully saturated rings. The van der Waals surface area contributed by atoms with Gasteiger partial charge >= 0.3 is 5.97 Å². The maximum atomic E-state index is 12.1. The number of ketones is 1. The number of benzene rings is 1. The summed E-state index contributed by atoms with van der Waals surface area (Å²) in [5.41, 5.74) is 1.36. The van der Waals surface area contributed by atoms with Crippen LogP contribution in [0.5, 0.6) is 0 Å². The lowest BCUT2D eigenvalue weighted by Gasteiger charge is -2.05. The molecule has 0 aliphatic heterocycles. The number of carboxylic acid groups (broad SMARTS) is 1. The minimum Gasteiger partial charge on any atom is -0.477 e. The Hall–Kier alpha value is -1.68. The molecule has 18 heavy (non-hydrogen) atoms. The Bertz CT molecular complexity index is 638. The summed E-state index contributed by atoms with van der Waals surface area (Å²) in [6.07, 6.45) is 0. The zero-order chi connectivity index (χ0) is 13.4. The number of fused-ring (bicyclic) bond motifs is 1. The van der Waals surface area contributed by atoms with E-state index in [9.17, 15) is 9.59 Å². The quantitative estimate of drug-likeness (QED) is 0.857. The molecule has 1 aromatic carbocycles. The molecule has 3 nitrogen and oxygen atoms in total. The van der Waals surface area contributed by atoms with Crippen molar-refractivity contribution in [2.75, 3.05) is 0 Å². The van der Waals surface area contributed by atoms with Crippen LogP contribution in [0, 0.1) is 12.8 Å². The lowest BCUT2D eigenvalue weighted by atomic mass is 9.99. The van der Waals surface area contributed by atoms with Crippen molar-refractivity contribution in [1.29, 1.82) is 0 Å². The first kappa shape index (κ1) is 12.8. The minimum atomic E-state index is -0.934. The standard InChI is InChI=1S/C14H14O3S/c1-7(2)11(15)10-6-4-5-9-8(3)12(14(16)17)18-13(9)10/h4-7H,1-3H3,(H,16,17). The molecule has 1 aromatic heterocycles. The molecule has 0 atom stereocenters. The smallest absolute Gasteiger partial charge is 0.346 e. The number of carbonyl (C=O) groups excluding carboxylic acids is 1. The van der Waals surface area contributed by atoms with Gasteiger partial charge in [-0.25, -0.2) is 4.79 Å². The van der Waals surface area contributed by atoms with Gasteiger partial charge in [0, 0.05) is 16.2 Å². The molecule has 0 saturated heterocycles. The second-order valence-electron chi connectivity index (χ2n) is 4.56. The van der Waals surface area contributed by atoms with Gasteiger partial charge in [-0.1, -0.05) is 26.0 Å². The molecule has 1 N–H and O–H groups in total. The Morgan fingerprint density at radius 2 is 1.94 bits per heavy atom. The number of hydrogen-bond acceptors (Lipinski definition) is 3. The number of hydrogen-bond donors (Lipinski definition) is 1. The molecule has 0 aliphatic carbocycles. The summed E-state index contributed by atoms with van der Waals surface area (Å²) in [7, 11) is 0. The van der Waals surface area contributed by atoms with Crippen LogP contribution in [-0.4, -0.2) is 16.9 Å². The molecule has 0 bridgehead atoms. The van der Waals surface area contributed by atoms with Gasteiger partial charge in [0.05, 0.1) is 0 Å². The van der Waals surface area contributed by atoms with Gasteiger partial charge in [-0.15, -0.1) is 11.3 Å². The van der Waals surface area contributed by atoms with Crippen molar-refractivity contribution in [2.24, 2.45) is 5.92 Å². The van der Waals surface area contributed by atoms with E-state index in [2.05, 4.69) is 0 Å². The largest absolute Gasteiger partial charge is 0.477 e. The minimum absolute atomic E-state index is 0.0544. The van der Waals surface area contributed by atoms with Gasteiger partial charge in [0.15, 0.2) is 5.78 Å². The third-order valence-corrected chi connectivity index (χ3v) is 4.28. The SMILES string of the molecule is Cc1c(C(=O)O)sc2c(C(=O)C(C)C)cccc12. The van der Waals surface area contributed by atoms with Gasteiger partial charge in [0.25, 0.3) is 0 Å². The number of carboxylic acids is 1. The van der Waals surface area contributed by atoms with E-state index in [4.69, 9.17) is 5.11 Å². The van der Waals surface area contributed by atoms with Crippen LogP contribution in [0.15, 0.2) is 18.2 Å². The summed E-state index contributed by atoms with van der Waals surface area (Å²) < 4.78 is 0.783. The molecule has 0 amide bonds. The molecule has 94 valence electrons. The Balaban J connectivity index is 2.74. The fourth-order valence-corrected chi connectivity index (χ4v) is 3.12. The maximum Gasteiger partial charge on any atom is 0.346 e. The van der Waals surface area contributed by atoms with Crippen LogP contribution in [0.4, 0.5) is 0 Å². The van der Waals surface area contributed by atoms with Gasteiger partial charge < -0.3 is 5.11 Å². The lowest BCUT2D eigenvalue weighted by Crippen LogP contribution is -2.07. The third kappa shape index (κ3) is 1.93. The Kier molecular flexibility index (Phi) is 3.22. The Morgan fingerprint density at radius 3 is 2.50 bits per heavy atom. The Labute approximate surface area is 109 Å². The van der Waals surface area contributed by atoms with Crippen LogP contribution in [0.25, 0.3) is 10.1 Å². The summed E-state index contributed by atoms with van der Waals surface area (Å²) in [5, 5.41) is 10.00. The molecule has 0 unspecified atom stereocenters.